The lowest BCUT2D eigenvalue weighted by Gasteiger charge is -2.45. The number of methoxy groups -OCH3 is 1. The van der Waals surface area contributed by atoms with Gasteiger partial charge in [0, 0.05) is 50.3 Å². The van der Waals surface area contributed by atoms with Gasteiger partial charge in [-0.2, -0.15) is 0 Å². The van der Waals surface area contributed by atoms with Gasteiger partial charge in [0.25, 0.3) is 0 Å². The molecule has 1 aliphatic heterocycles. The number of fused-ring (bicyclic) bond motifs is 1. The smallest absolute Gasteiger partial charge is 0.188 e. The number of hydrogen-bond donors (Lipinski definition) is 0. The molecule has 0 amide bonds. The van der Waals surface area contributed by atoms with E-state index in [-0.39, 0.29) is 11.6 Å². The molecule has 5 rings (SSSR count). The molecule has 4 nitrogen and oxygen atoms in total. The Kier molecular flexibility index (Phi) is 5.53. The lowest BCUT2D eigenvalue weighted by molar-refractivity contribution is 0.0287. The number of halogens is 1. The van der Waals surface area contributed by atoms with E-state index in [2.05, 4.69) is 15.9 Å². The van der Waals surface area contributed by atoms with Crippen molar-refractivity contribution < 1.29 is 13.9 Å². The monoisotopic (exact) mass is 430 g/mol. The molecule has 1 unspecified atom stereocenters. The maximum Gasteiger partial charge on any atom is 0.188 e. The number of ketones is 1. The molecule has 3 aromatic carbocycles. The summed E-state index contributed by atoms with van der Waals surface area (Å²) in [4.78, 5) is 18.5. The van der Waals surface area contributed by atoms with Gasteiger partial charge in [0.05, 0.1) is 7.11 Å². The summed E-state index contributed by atoms with van der Waals surface area (Å²) in [6.45, 7) is 4.06. The van der Waals surface area contributed by atoms with E-state index in [0.29, 0.717) is 12.0 Å². The number of carbonyl (C=O) groups excluding carboxylic acids is 1. The first kappa shape index (κ1) is 20.9. The first-order chi connectivity index (χ1) is 15.6. The maximum atomic E-state index is 14.0. The minimum atomic E-state index is -0.770. The van der Waals surface area contributed by atoms with Crippen LogP contribution in [0.4, 0.5) is 4.39 Å². The molecule has 1 heterocycles. The van der Waals surface area contributed by atoms with Gasteiger partial charge >= 0.3 is 0 Å². The highest BCUT2D eigenvalue weighted by atomic mass is 19.1. The normalized spacial score (nSPS) is 21.5. The molecule has 1 aliphatic carbocycles. The van der Waals surface area contributed by atoms with Gasteiger partial charge in [-0.25, -0.2) is 4.39 Å². The number of benzene rings is 3. The zero-order chi connectivity index (χ0) is 22.1. The van der Waals surface area contributed by atoms with Crippen LogP contribution in [0.2, 0.25) is 0 Å². The first-order valence-corrected chi connectivity index (χ1v) is 11.1. The highest BCUT2D eigenvalue weighted by Gasteiger charge is 2.51. The van der Waals surface area contributed by atoms with Crippen LogP contribution in [0.15, 0.2) is 72.8 Å². The van der Waals surface area contributed by atoms with E-state index in [1.807, 2.05) is 48.5 Å². The SMILES string of the molecule is COc1ccccc1CN1CCN(C2(c3ccccc3)Cc3cc(F)ccc3C2=O)CC1. The van der Waals surface area contributed by atoms with Crippen LogP contribution in [0.5, 0.6) is 5.75 Å². The number of para-hydroxylation sites is 1. The van der Waals surface area contributed by atoms with Crippen molar-refractivity contribution in [3.8, 4) is 5.75 Å². The third kappa shape index (κ3) is 3.51. The molecule has 1 atom stereocenters. The number of ether oxygens (including phenoxy) is 1. The third-order valence-electron chi connectivity index (χ3n) is 6.88. The van der Waals surface area contributed by atoms with Crippen molar-refractivity contribution in [3.63, 3.8) is 0 Å². The van der Waals surface area contributed by atoms with Gasteiger partial charge in [-0.15, -0.1) is 0 Å². The Bertz CT molecular complexity index is 1130. The summed E-state index contributed by atoms with van der Waals surface area (Å²) in [5.41, 5.74) is 2.83. The number of carbonyl (C=O) groups is 1. The highest BCUT2D eigenvalue weighted by Crippen LogP contribution is 2.43. The first-order valence-electron chi connectivity index (χ1n) is 11.1. The fourth-order valence-electron chi connectivity index (χ4n) is 5.26. The Morgan fingerprint density at radius 1 is 0.938 bits per heavy atom. The van der Waals surface area contributed by atoms with Crippen molar-refractivity contribution >= 4 is 5.78 Å². The molecule has 0 radical (unpaired) electrons. The number of nitrogens with zero attached hydrogens (tertiary/aromatic N) is 2. The second-order valence-corrected chi connectivity index (χ2v) is 8.61. The van der Waals surface area contributed by atoms with Crippen molar-refractivity contribution in [2.75, 3.05) is 33.3 Å². The molecule has 0 bridgehead atoms. The van der Waals surface area contributed by atoms with E-state index in [1.54, 1.807) is 13.2 Å². The van der Waals surface area contributed by atoms with E-state index >= 15 is 0 Å². The molecule has 0 N–H and O–H groups in total. The Hall–Kier alpha value is -3.02. The van der Waals surface area contributed by atoms with Crippen molar-refractivity contribution in [3.05, 3.63) is 101 Å². The summed E-state index contributed by atoms with van der Waals surface area (Å²) in [6.07, 6.45) is 0.509. The van der Waals surface area contributed by atoms with Crippen LogP contribution in [-0.2, 0) is 18.5 Å². The molecule has 1 fully saturated rings. The molecule has 164 valence electrons. The number of Topliss-reactive ketones (excluding diaryl/α,β-unsaturated/α-hetero) is 1. The van der Waals surface area contributed by atoms with Crippen molar-refractivity contribution in [2.45, 2.75) is 18.5 Å². The molecule has 32 heavy (non-hydrogen) atoms. The van der Waals surface area contributed by atoms with E-state index < -0.39 is 5.54 Å². The standard InChI is InChI=1S/C27H27FN2O2/c1-32-25-10-6-5-7-20(25)19-29-13-15-30(16-14-29)27(22-8-3-2-4-9-22)18-21-17-23(28)11-12-24(21)26(27)31/h2-12,17H,13-16,18-19H2,1H3. The summed E-state index contributed by atoms with van der Waals surface area (Å²) < 4.78 is 19.5. The Morgan fingerprint density at radius 3 is 2.41 bits per heavy atom. The van der Waals surface area contributed by atoms with Gasteiger partial charge in [-0.05, 0) is 35.4 Å². The predicted molar refractivity (Wildman–Crippen MR) is 122 cm³/mol. The van der Waals surface area contributed by atoms with Gasteiger partial charge in [-0.1, -0.05) is 48.5 Å². The molecule has 0 spiro atoms. The van der Waals surface area contributed by atoms with Crippen molar-refractivity contribution in [1.82, 2.24) is 9.80 Å². The minimum Gasteiger partial charge on any atom is -0.496 e. The van der Waals surface area contributed by atoms with Crippen LogP contribution < -0.4 is 4.74 Å². The van der Waals surface area contributed by atoms with E-state index in [4.69, 9.17) is 4.74 Å². The summed E-state index contributed by atoms with van der Waals surface area (Å²) >= 11 is 0. The molecule has 1 saturated heterocycles. The third-order valence-corrected chi connectivity index (χ3v) is 6.88. The number of hydrogen-bond acceptors (Lipinski definition) is 4. The Labute approximate surface area is 188 Å². The fourth-order valence-corrected chi connectivity index (χ4v) is 5.26. The lowest BCUT2D eigenvalue weighted by Crippen LogP contribution is -2.58. The second kappa shape index (κ2) is 8.49. The Balaban J connectivity index is 1.41. The van der Waals surface area contributed by atoms with Gasteiger partial charge < -0.3 is 4.74 Å². The van der Waals surface area contributed by atoms with Gasteiger partial charge in [0.2, 0.25) is 0 Å². The quantitative estimate of drug-likeness (QED) is 0.605. The van der Waals surface area contributed by atoms with Gasteiger partial charge in [0.1, 0.15) is 17.1 Å². The average Bonchev–Trinajstić information content (AvgIpc) is 3.13. The van der Waals surface area contributed by atoms with Crippen LogP contribution in [-0.4, -0.2) is 48.9 Å². The van der Waals surface area contributed by atoms with Gasteiger partial charge in [-0.3, -0.25) is 14.6 Å². The van der Waals surface area contributed by atoms with Crippen molar-refractivity contribution in [1.29, 1.82) is 0 Å². The maximum absolute atomic E-state index is 14.0. The molecule has 5 heteroatoms. The van der Waals surface area contributed by atoms with E-state index in [1.165, 1.54) is 17.7 Å². The van der Waals surface area contributed by atoms with Crippen LogP contribution in [0.25, 0.3) is 0 Å². The molecule has 2 aliphatic rings. The van der Waals surface area contributed by atoms with Crippen LogP contribution in [0.3, 0.4) is 0 Å². The number of rotatable bonds is 5. The lowest BCUT2D eigenvalue weighted by atomic mass is 9.83. The molecule has 0 aromatic heterocycles. The zero-order valence-electron chi connectivity index (χ0n) is 18.3. The molecule has 0 saturated carbocycles. The molecule has 3 aromatic rings. The second-order valence-electron chi connectivity index (χ2n) is 8.61. The summed E-state index contributed by atoms with van der Waals surface area (Å²) in [5.74, 6) is 0.693. The average molecular weight is 431 g/mol. The highest BCUT2D eigenvalue weighted by molar-refractivity contribution is 6.08. The van der Waals surface area contributed by atoms with Gasteiger partial charge in [0.15, 0.2) is 5.78 Å². The Morgan fingerprint density at radius 2 is 1.66 bits per heavy atom. The largest absolute Gasteiger partial charge is 0.496 e. The van der Waals surface area contributed by atoms with Crippen LogP contribution >= 0.6 is 0 Å². The molecular weight excluding hydrogens is 403 g/mol. The van der Waals surface area contributed by atoms with E-state index in [0.717, 1.165) is 49.6 Å². The summed E-state index contributed by atoms with van der Waals surface area (Å²) in [7, 11) is 1.70. The minimum absolute atomic E-state index is 0.0804. The predicted octanol–water partition coefficient (Wildman–Crippen LogP) is 4.29. The zero-order valence-corrected chi connectivity index (χ0v) is 18.3. The molecular formula is C27H27FN2O2. The van der Waals surface area contributed by atoms with Crippen LogP contribution in [0, 0.1) is 5.82 Å². The number of piperazine rings is 1. The fraction of sp³-hybridized carbons (Fsp3) is 0.296. The van der Waals surface area contributed by atoms with Crippen molar-refractivity contribution in [2.24, 2.45) is 0 Å². The topological polar surface area (TPSA) is 32.8 Å². The summed E-state index contributed by atoms with van der Waals surface area (Å²) in [5, 5.41) is 0. The summed E-state index contributed by atoms with van der Waals surface area (Å²) in [6, 6.07) is 22.7. The van der Waals surface area contributed by atoms with Crippen LogP contribution in [0.1, 0.15) is 27.0 Å². The van der Waals surface area contributed by atoms with E-state index in [9.17, 15) is 9.18 Å².